The summed E-state index contributed by atoms with van der Waals surface area (Å²) in [6.45, 7) is 8.25. The summed E-state index contributed by atoms with van der Waals surface area (Å²) in [5.74, 6) is 0.0639. The third-order valence-corrected chi connectivity index (χ3v) is 8.17. The highest BCUT2D eigenvalue weighted by Crippen LogP contribution is 2.40. The van der Waals surface area contributed by atoms with Crippen molar-refractivity contribution >= 4 is 41.3 Å². The Kier molecular flexibility index (Phi) is 10.6. The van der Waals surface area contributed by atoms with E-state index in [0.717, 1.165) is 49.4 Å². The minimum Gasteiger partial charge on any atom is -0.355 e. The van der Waals surface area contributed by atoms with Gasteiger partial charge in [0.05, 0.1) is 4.91 Å². The first-order valence-corrected chi connectivity index (χ1v) is 13.7. The summed E-state index contributed by atoms with van der Waals surface area (Å²) in [6, 6.07) is 7.58. The molecule has 1 heterocycles. The minimum atomic E-state index is -0.0511. The lowest BCUT2D eigenvalue weighted by Gasteiger charge is -2.39. The topological polar surface area (TPSA) is 61.4 Å². The van der Waals surface area contributed by atoms with Gasteiger partial charge in [-0.2, -0.15) is 0 Å². The molecule has 7 heteroatoms. The molecule has 182 valence electrons. The molecule has 1 saturated carbocycles. The van der Waals surface area contributed by atoms with E-state index in [1.165, 1.54) is 25.7 Å². The number of fused-ring (bicyclic) bond motifs is 1. The molecule has 3 rings (SSSR count). The van der Waals surface area contributed by atoms with Crippen LogP contribution in [0.5, 0.6) is 0 Å². The zero-order chi connectivity index (χ0) is 23.6. The fourth-order valence-electron chi connectivity index (χ4n) is 4.56. The van der Waals surface area contributed by atoms with E-state index in [1.54, 1.807) is 11.8 Å². The second kappa shape index (κ2) is 13.4. The number of amides is 2. The smallest absolute Gasteiger partial charge is 0.257 e. The van der Waals surface area contributed by atoms with Crippen LogP contribution in [-0.4, -0.2) is 54.2 Å². The zero-order valence-corrected chi connectivity index (χ0v) is 21.5. The number of thioether (sulfide) groups is 1. The molecular formula is C26H38ClN3O2S. The fraction of sp³-hybridized carbons (Fsp3) is 0.615. The van der Waals surface area contributed by atoms with Gasteiger partial charge in [-0.3, -0.25) is 9.59 Å². The van der Waals surface area contributed by atoms with Gasteiger partial charge in [0.2, 0.25) is 5.91 Å². The van der Waals surface area contributed by atoms with Gasteiger partial charge in [0.1, 0.15) is 0 Å². The minimum absolute atomic E-state index is 0.0228. The third-order valence-electron chi connectivity index (χ3n) is 6.51. The molecule has 3 unspecified atom stereocenters. The van der Waals surface area contributed by atoms with E-state index in [-0.39, 0.29) is 23.8 Å². The Balaban J connectivity index is 1.48. The van der Waals surface area contributed by atoms with Crippen molar-refractivity contribution in [3.8, 4) is 0 Å². The Labute approximate surface area is 208 Å². The molecule has 2 aliphatic rings. The normalized spacial score (nSPS) is 23.9. The summed E-state index contributed by atoms with van der Waals surface area (Å²) in [5, 5.41) is 7.30. The number of carbonyl (C=O) groups excluding carboxylic acids is 2. The van der Waals surface area contributed by atoms with E-state index in [9.17, 15) is 9.59 Å². The summed E-state index contributed by atoms with van der Waals surface area (Å²) >= 11 is 7.72. The van der Waals surface area contributed by atoms with Crippen LogP contribution in [0.25, 0.3) is 6.08 Å². The van der Waals surface area contributed by atoms with E-state index >= 15 is 0 Å². The number of nitrogens with one attached hydrogen (secondary N) is 2. The molecule has 1 aromatic rings. The monoisotopic (exact) mass is 491 g/mol. The predicted molar refractivity (Wildman–Crippen MR) is 139 cm³/mol. The zero-order valence-electron chi connectivity index (χ0n) is 19.9. The maximum atomic E-state index is 12.8. The number of halogens is 1. The quantitative estimate of drug-likeness (QED) is 0.423. The number of carbonyl (C=O) groups is 2. The largest absolute Gasteiger partial charge is 0.355 e. The molecule has 2 N–H and O–H groups in total. The van der Waals surface area contributed by atoms with Crippen LogP contribution in [0, 0.1) is 5.92 Å². The van der Waals surface area contributed by atoms with Crippen molar-refractivity contribution < 1.29 is 9.59 Å². The van der Waals surface area contributed by atoms with Crippen LogP contribution >= 0.6 is 23.4 Å². The van der Waals surface area contributed by atoms with E-state index < -0.39 is 0 Å². The van der Waals surface area contributed by atoms with Crippen molar-refractivity contribution in [3.63, 3.8) is 0 Å². The first kappa shape index (κ1) is 26.1. The molecule has 0 bridgehead atoms. The molecule has 0 radical (unpaired) electrons. The van der Waals surface area contributed by atoms with Gasteiger partial charge in [0, 0.05) is 35.3 Å². The number of nitrogens with zero attached hydrogens (tertiary/aromatic N) is 1. The van der Waals surface area contributed by atoms with Gasteiger partial charge >= 0.3 is 0 Å². The van der Waals surface area contributed by atoms with E-state index in [4.69, 9.17) is 11.6 Å². The molecule has 0 aromatic heterocycles. The van der Waals surface area contributed by atoms with E-state index in [1.807, 2.05) is 30.3 Å². The average Bonchev–Trinajstić information content (AvgIpc) is 2.80. The van der Waals surface area contributed by atoms with Crippen molar-refractivity contribution in [3.05, 3.63) is 39.8 Å². The summed E-state index contributed by atoms with van der Waals surface area (Å²) in [5.41, 5.74) is 0.929. The number of hydrogen-bond acceptors (Lipinski definition) is 4. The van der Waals surface area contributed by atoms with Gasteiger partial charge in [0.15, 0.2) is 0 Å². The maximum absolute atomic E-state index is 12.8. The summed E-state index contributed by atoms with van der Waals surface area (Å²) in [6.07, 6.45) is 9.22. The summed E-state index contributed by atoms with van der Waals surface area (Å²) in [7, 11) is 0. The van der Waals surface area contributed by atoms with Gasteiger partial charge in [-0.1, -0.05) is 50.4 Å². The molecule has 3 atom stereocenters. The molecule has 1 saturated heterocycles. The second-order valence-corrected chi connectivity index (χ2v) is 10.9. The van der Waals surface area contributed by atoms with E-state index in [0.29, 0.717) is 16.8 Å². The van der Waals surface area contributed by atoms with Crippen LogP contribution in [0.15, 0.2) is 29.2 Å². The first-order chi connectivity index (χ1) is 16.0. The van der Waals surface area contributed by atoms with Crippen molar-refractivity contribution in [2.45, 2.75) is 70.1 Å². The van der Waals surface area contributed by atoms with Crippen LogP contribution in [0.3, 0.4) is 0 Å². The molecule has 2 amide bonds. The fourth-order valence-corrected chi connectivity index (χ4v) is 6.05. The molecule has 1 aromatic carbocycles. The predicted octanol–water partition coefficient (Wildman–Crippen LogP) is 5.10. The molecular weight excluding hydrogens is 454 g/mol. The van der Waals surface area contributed by atoms with Gasteiger partial charge in [-0.05, 0) is 69.0 Å². The van der Waals surface area contributed by atoms with Gasteiger partial charge < -0.3 is 15.5 Å². The lowest BCUT2D eigenvalue weighted by molar-refractivity contribution is -0.127. The number of unbranched alkanes of at least 4 members (excludes halogenated alkanes) is 2. The average molecular weight is 492 g/mol. The van der Waals surface area contributed by atoms with Crippen LogP contribution in [0.2, 0.25) is 5.02 Å². The molecule has 33 heavy (non-hydrogen) atoms. The highest BCUT2D eigenvalue weighted by atomic mass is 35.5. The van der Waals surface area contributed by atoms with Crippen molar-refractivity contribution in [2.75, 3.05) is 26.2 Å². The van der Waals surface area contributed by atoms with Crippen molar-refractivity contribution in [2.24, 2.45) is 5.92 Å². The van der Waals surface area contributed by atoms with Crippen LogP contribution < -0.4 is 10.6 Å². The van der Waals surface area contributed by atoms with E-state index in [2.05, 4.69) is 29.4 Å². The summed E-state index contributed by atoms with van der Waals surface area (Å²) in [4.78, 5) is 28.7. The highest BCUT2D eigenvalue weighted by molar-refractivity contribution is 8.04. The van der Waals surface area contributed by atoms with Gasteiger partial charge in [-0.15, -0.1) is 11.8 Å². The Morgan fingerprint density at radius 1 is 1.21 bits per heavy atom. The van der Waals surface area contributed by atoms with Gasteiger partial charge in [-0.25, -0.2) is 0 Å². The van der Waals surface area contributed by atoms with Crippen molar-refractivity contribution in [1.29, 1.82) is 0 Å². The number of hydrogen-bond donors (Lipinski definition) is 2. The molecule has 0 spiro atoms. The SMILES string of the molecule is CCCCN(CCCC)CCNC(=O)C1CCC2S/C(=C/c3cccc(Cl)c3)C(=O)NC2C1. The number of benzene rings is 1. The Morgan fingerprint density at radius 2 is 1.97 bits per heavy atom. The lowest BCUT2D eigenvalue weighted by atomic mass is 9.84. The highest BCUT2D eigenvalue weighted by Gasteiger charge is 2.39. The Morgan fingerprint density at radius 3 is 2.67 bits per heavy atom. The van der Waals surface area contributed by atoms with Gasteiger partial charge in [0.25, 0.3) is 5.91 Å². The van der Waals surface area contributed by atoms with Crippen LogP contribution in [-0.2, 0) is 9.59 Å². The maximum Gasteiger partial charge on any atom is 0.257 e. The third kappa shape index (κ3) is 8.04. The Bertz CT molecular complexity index is 824. The summed E-state index contributed by atoms with van der Waals surface area (Å²) < 4.78 is 0. The second-order valence-electron chi connectivity index (χ2n) is 9.15. The van der Waals surface area contributed by atoms with Crippen LogP contribution in [0.1, 0.15) is 64.4 Å². The lowest BCUT2D eigenvalue weighted by Crippen LogP contribution is -2.52. The molecule has 1 aliphatic carbocycles. The standard InChI is InChI=1S/C26H38ClN3O2S/c1-3-5-13-30(14-6-4-2)15-12-28-25(31)20-10-11-23-22(18-20)29-26(32)24(33-23)17-19-8-7-9-21(27)16-19/h7-9,16-17,20,22-23H,3-6,10-15,18H2,1-2H3,(H,28,31)(H,29,32)/b24-17+. The molecule has 1 aliphatic heterocycles. The molecule has 2 fully saturated rings. The van der Waals surface area contributed by atoms with Crippen LogP contribution in [0.4, 0.5) is 0 Å². The first-order valence-electron chi connectivity index (χ1n) is 12.4. The molecule has 5 nitrogen and oxygen atoms in total. The van der Waals surface area contributed by atoms with Crippen molar-refractivity contribution in [1.82, 2.24) is 15.5 Å². The number of rotatable bonds is 11. The Hall–Kier alpha value is -1.50.